The van der Waals surface area contributed by atoms with Crippen LogP contribution in [0.1, 0.15) is 93.9 Å². The second-order valence-corrected chi connectivity index (χ2v) is 14.0. The Balaban J connectivity index is 0.00000267. The van der Waals surface area contributed by atoms with Gasteiger partial charge in [-0.25, -0.2) is 0 Å². The predicted molar refractivity (Wildman–Crippen MR) is 147 cm³/mol. The van der Waals surface area contributed by atoms with Gasteiger partial charge in [0.1, 0.15) is 12.2 Å². The average molecular weight is 1200 g/mol. The molecule has 0 saturated heterocycles. The summed E-state index contributed by atoms with van der Waals surface area (Å²) >= 11 is 0. The zero-order valence-corrected chi connectivity index (χ0v) is 40.3. The summed E-state index contributed by atoms with van der Waals surface area (Å²) in [6.45, 7) is 20.8. The number of aliphatic hydroxyl groups excluding tert-OH is 3. The third-order valence-electron chi connectivity index (χ3n) is 11.2. The van der Waals surface area contributed by atoms with Gasteiger partial charge in [-0.3, -0.25) is 4.79 Å². The maximum absolute atomic E-state index is 12.4. The van der Waals surface area contributed by atoms with Gasteiger partial charge in [0.05, 0.1) is 12.2 Å². The average Bonchev–Trinajstić information content (AvgIpc) is 3.15. The quantitative estimate of drug-likeness (QED) is 0.234. The van der Waals surface area contributed by atoms with E-state index in [1.54, 1.807) is 0 Å². The molecule has 0 aromatic heterocycles. The number of esters is 1. The molecule has 9 atom stereocenters. The summed E-state index contributed by atoms with van der Waals surface area (Å²) in [5.41, 5.74) is 3.17. The van der Waals surface area contributed by atoms with Crippen LogP contribution in [0.15, 0.2) is 34.9 Å². The number of hydrogen-bond acceptors (Lipinski definition) is 5. The van der Waals surface area contributed by atoms with Crippen LogP contribution in [0.3, 0.4) is 0 Å². The normalized spacial score (nSPS) is 38.4. The van der Waals surface area contributed by atoms with Crippen molar-refractivity contribution in [2.45, 2.75) is 118 Å². The topological polar surface area (TPSA) is 87.0 Å². The monoisotopic (exact) mass is 1200 g/mol. The SMILES string of the molecule is C=C(CC[C@@H](C)[C@H]1CC=C2C3=C(C(O)C(OC(C)=O)C21C)C1(C)CC(O)C(O)C(C)(C)C1CC3)C(C)C.[Ac].[Ac].[Ac]. The molecule has 4 aliphatic rings. The standard InChI is InChI=1S/C32H50O5.3Ac/c1-17(2)18(3)10-11-19(4)22-13-14-23-21-12-15-25-30(6,7)28(36)24(34)16-31(25,8)26(21)27(35)29(32(22,23)9)37-20(5)33;;;/h14,17,19,22,24-25,27-29,34-36H,3,10-13,15-16H2,1-2,4-9H3;;;/t19-,22-,24?,25?,27?,28?,29?,31?,32?;;;/m1.../s1. The van der Waals surface area contributed by atoms with E-state index in [-0.39, 0.29) is 150 Å². The van der Waals surface area contributed by atoms with E-state index >= 15 is 0 Å². The molecule has 5 nitrogen and oxygen atoms in total. The molecule has 3 N–H and O–H groups in total. The van der Waals surface area contributed by atoms with Crippen LogP contribution in [0, 0.1) is 172 Å². The molecule has 0 amide bonds. The zero-order chi connectivity index (χ0) is 27.7. The maximum Gasteiger partial charge on any atom is 0.303 e. The van der Waals surface area contributed by atoms with Crippen LogP contribution in [0.4, 0.5) is 0 Å². The van der Waals surface area contributed by atoms with Crippen molar-refractivity contribution < 1.29 is 157 Å². The number of allylic oxidation sites excluding steroid dienone is 3. The fourth-order valence-corrected chi connectivity index (χ4v) is 9.06. The van der Waals surface area contributed by atoms with Gasteiger partial charge < -0.3 is 20.1 Å². The van der Waals surface area contributed by atoms with Crippen LogP contribution in [0.2, 0.25) is 0 Å². The van der Waals surface area contributed by atoms with Crippen molar-refractivity contribution in [2.75, 3.05) is 0 Å². The van der Waals surface area contributed by atoms with Crippen LogP contribution in [-0.4, -0.2) is 45.7 Å². The maximum atomic E-state index is 12.4. The van der Waals surface area contributed by atoms with E-state index in [2.05, 4.69) is 47.3 Å². The molecule has 7 unspecified atom stereocenters. The largest absolute Gasteiger partial charge is 0.458 e. The smallest absolute Gasteiger partial charge is 0.303 e. The molecular weight excluding hydrogens is 1150 g/mol. The van der Waals surface area contributed by atoms with Crippen molar-refractivity contribution >= 4 is 5.97 Å². The van der Waals surface area contributed by atoms with Gasteiger partial charge in [-0.15, -0.1) is 0 Å². The molecule has 217 valence electrons. The molecule has 0 aliphatic heterocycles. The van der Waals surface area contributed by atoms with Gasteiger partial charge in [0.25, 0.3) is 0 Å². The Bertz CT molecular complexity index is 1020. The summed E-state index contributed by atoms with van der Waals surface area (Å²) in [4.78, 5) is 12.4. The minimum Gasteiger partial charge on any atom is -0.458 e. The Labute approximate surface area is 350 Å². The Kier molecular flexibility index (Phi) is 15.5. The van der Waals surface area contributed by atoms with Crippen LogP contribution >= 0.6 is 0 Å². The van der Waals surface area contributed by atoms with Crippen molar-refractivity contribution in [1.29, 1.82) is 0 Å². The van der Waals surface area contributed by atoms with Crippen molar-refractivity contribution in [3.8, 4) is 0 Å². The van der Waals surface area contributed by atoms with Gasteiger partial charge in [0, 0.05) is 145 Å². The van der Waals surface area contributed by atoms with E-state index in [1.807, 2.05) is 13.8 Å². The number of carbonyl (C=O) groups is 1. The van der Waals surface area contributed by atoms with Crippen LogP contribution in [-0.2, 0) is 9.53 Å². The van der Waals surface area contributed by atoms with E-state index in [0.717, 1.165) is 37.7 Å². The minimum atomic E-state index is -0.939. The molecule has 1 fully saturated rings. The molecule has 0 aromatic carbocycles. The van der Waals surface area contributed by atoms with Crippen LogP contribution < -0.4 is 0 Å². The molecule has 8 heteroatoms. The van der Waals surface area contributed by atoms with E-state index < -0.39 is 40.7 Å². The van der Waals surface area contributed by atoms with Crippen LogP contribution in [0.25, 0.3) is 0 Å². The molecule has 0 spiro atoms. The number of aliphatic hydroxyl groups is 3. The van der Waals surface area contributed by atoms with Gasteiger partial charge in [-0.05, 0) is 89.7 Å². The molecule has 0 heterocycles. The molecular formula is C32H50Ac3O5. The van der Waals surface area contributed by atoms with Gasteiger partial charge in [-0.2, -0.15) is 0 Å². The summed E-state index contributed by atoms with van der Waals surface area (Å²) in [6.07, 6.45) is 4.08. The minimum absolute atomic E-state index is 0. The van der Waals surface area contributed by atoms with E-state index in [0.29, 0.717) is 18.3 Å². The Hall–Kier alpha value is 2.89. The second kappa shape index (κ2) is 15.2. The molecule has 0 aromatic rings. The van der Waals surface area contributed by atoms with Crippen molar-refractivity contribution in [3.63, 3.8) is 0 Å². The number of carbonyl (C=O) groups excluding carboxylic acids is 1. The van der Waals surface area contributed by atoms with Crippen LogP contribution in [0.5, 0.6) is 0 Å². The third-order valence-corrected chi connectivity index (χ3v) is 11.2. The molecule has 4 aliphatic carbocycles. The zero-order valence-electron chi connectivity index (χ0n) is 26.0. The first-order valence-electron chi connectivity index (χ1n) is 14.4. The first kappa shape index (κ1) is 40.9. The molecule has 4 rings (SSSR count). The number of hydrogen-bond donors (Lipinski definition) is 3. The number of rotatable bonds is 6. The summed E-state index contributed by atoms with van der Waals surface area (Å²) in [5, 5.41) is 33.9. The number of fused-ring (bicyclic) bond motifs is 4. The molecule has 40 heavy (non-hydrogen) atoms. The number of ether oxygens (including phenoxy) is 1. The summed E-state index contributed by atoms with van der Waals surface area (Å²) in [7, 11) is 0. The molecule has 1 saturated carbocycles. The summed E-state index contributed by atoms with van der Waals surface area (Å²) in [6, 6.07) is 0. The van der Waals surface area contributed by atoms with Gasteiger partial charge in [0.2, 0.25) is 0 Å². The van der Waals surface area contributed by atoms with Crippen molar-refractivity contribution in [2.24, 2.45) is 39.9 Å². The molecule has 0 bridgehead atoms. The van der Waals surface area contributed by atoms with E-state index in [4.69, 9.17) is 4.74 Å². The molecule has 3 radical (unpaired) electrons. The van der Waals surface area contributed by atoms with E-state index in [1.165, 1.54) is 23.6 Å². The Morgan fingerprint density at radius 2 is 1.70 bits per heavy atom. The van der Waals surface area contributed by atoms with Crippen molar-refractivity contribution in [3.05, 3.63) is 34.9 Å². The van der Waals surface area contributed by atoms with Gasteiger partial charge in [-0.1, -0.05) is 66.7 Å². The summed E-state index contributed by atoms with van der Waals surface area (Å²) in [5.74, 6) is 0.808. The summed E-state index contributed by atoms with van der Waals surface area (Å²) < 4.78 is 6.04. The van der Waals surface area contributed by atoms with E-state index in [9.17, 15) is 20.1 Å². The van der Waals surface area contributed by atoms with Gasteiger partial charge >= 0.3 is 5.97 Å². The van der Waals surface area contributed by atoms with Gasteiger partial charge in [0.15, 0.2) is 0 Å². The fraction of sp³-hybridized carbons (Fsp3) is 0.781. The first-order valence-corrected chi connectivity index (χ1v) is 14.4. The Morgan fingerprint density at radius 1 is 1.10 bits per heavy atom. The predicted octanol–water partition coefficient (Wildman–Crippen LogP) is 5.74. The van der Waals surface area contributed by atoms with Crippen molar-refractivity contribution in [1.82, 2.24) is 0 Å². The fourth-order valence-electron chi connectivity index (χ4n) is 9.06. The third kappa shape index (κ3) is 6.93. The Morgan fingerprint density at radius 3 is 2.25 bits per heavy atom. The first-order chi connectivity index (χ1) is 17.1. The second-order valence-electron chi connectivity index (χ2n) is 14.0.